The Morgan fingerprint density at radius 1 is 1.38 bits per heavy atom. The highest BCUT2D eigenvalue weighted by Gasteiger charge is 2.33. The summed E-state index contributed by atoms with van der Waals surface area (Å²) >= 11 is 0. The summed E-state index contributed by atoms with van der Waals surface area (Å²) in [6.07, 6.45) is -1.54. The van der Waals surface area contributed by atoms with Crippen molar-refractivity contribution in [2.45, 2.75) is 38.8 Å². The molecule has 1 rings (SSSR count). The van der Waals surface area contributed by atoms with E-state index in [2.05, 4.69) is 17.6 Å². The van der Waals surface area contributed by atoms with Crippen molar-refractivity contribution in [3.8, 4) is 0 Å². The van der Waals surface area contributed by atoms with Gasteiger partial charge in [-0.15, -0.1) is 0 Å². The van der Waals surface area contributed by atoms with Gasteiger partial charge in [-0.25, -0.2) is 0 Å². The summed E-state index contributed by atoms with van der Waals surface area (Å²) in [5.74, 6) is 0. The Balaban J connectivity index is 2.23. The fraction of sp³-hybridized carbons (Fsp3) is 1.00. The third-order valence-corrected chi connectivity index (χ3v) is 3.20. The summed E-state index contributed by atoms with van der Waals surface area (Å²) in [7, 11) is 0. The van der Waals surface area contributed by atoms with Crippen molar-refractivity contribution in [1.82, 2.24) is 10.6 Å². The molecule has 1 aliphatic rings. The minimum absolute atomic E-state index is 0.0367. The van der Waals surface area contributed by atoms with Crippen LogP contribution in [0.25, 0.3) is 0 Å². The molecule has 0 aromatic rings. The monoisotopic (exact) mass is 238 g/mol. The summed E-state index contributed by atoms with van der Waals surface area (Å²) in [5, 5.41) is 6.24. The molecular formula is C11H21F3N2. The molecule has 0 bridgehead atoms. The molecule has 0 amide bonds. The van der Waals surface area contributed by atoms with Crippen molar-refractivity contribution in [3.63, 3.8) is 0 Å². The van der Waals surface area contributed by atoms with Gasteiger partial charge in [0.05, 0.1) is 6.42 Å². The van der Waals surface area contributed by atoms with Crippen LogP contribution in [0.5, 0.6) is 0 Å². The summed E-state index contributed by atoms with van der Waals surface area (Å²) in [4.78, 5) is 0. The lowest BCUT2D eigenvalue weighted by Crippen LogP contribution is -2.37. The minimum Gasteiger partial charge on any atom is -0.316 e. The van der Waals surface area contributed by atoms with Gasteiger partial charge >= 0.3 is 6.18 Å². The minimum atomic E-state index is -4.04. The van der Waals surface area contributed by atoms with E-state index in [9.17, 15) is 13.2 Å². The molecule has 0 saturated carbocycles. The van der Waals surface area contributed by atoms with Crippen LogP contribution in [0.2, 0.25) is 0 Å². The maximum Gasteiger partial charge on any atom is 0.390 e. The number of halogens is 3. The smallest absolute Gasteiger partial charge is 0.316 e. The molecule has 0 aromatic carbocycles. The second-order valence-corrected chi connectivity index (χ2v) is 4.72. The number of nitrogens with one attached hydrogen (secondary N) is 2. The summed E-state index contributed by atoms with van der Waals surface area (Å²) in [5.41, 5.74) is 0.181. The molecule has 96 valence electrons. The van der Waals surface area contributed by atoms with Gasteiger partial charge in [0, 0.05) is 19.6 Å². The molecule has 1 heterocycles. The third-order valence-electron chi connectivity index (χ3n) is 3.20. The highest BCUT2D eigenvalue weighted by molar-refractivity contribution is 4.89. The van der Waals surface area contributed by atoms with Crippen molar-refractivity contribution < 1.29 is 13.2 Å². The van der Waals surface area contributed by atoms with Crippen LogP contribution in [0.15, 0.2) is 0 Å². The van der Waals surface area contributed by atoms with Crippen LogP contribution in [-0.2, 0) is 0 Å². The second-order valence-electron chi connectivity index (χ2n) is 4.72. The van der Waals surface area contributed by atoms with Gasteiger partial charge in [-0.2, -0.15) is 13.2 Å². The van der Waals surface area contributed by atoms with E-state index in [1.165, 1.54) is 0 Å². The van der Waals surface area contributed by atoms with E-state index in [-0.39, 0.29) is 12.0 Å². The van der Waals surface area contributed by atoms with E-state index >= 15 is 0 Å². The van der Waals surface area contributed by atoms with Gasteiger partial charge in [0.25, 0.3) is 0 Å². The average Bonchev–Trinajstić information content (AvgIpc) is 2.61. The number of alkyl halides is 3. The number of rotatable bonds is 6. The molecule has 1 atom stereocenters. The molecule has 5 heteroatoms. The van der Waals surface area contributed by atoms with Crippen LogP contribution in [0, 0.1) is 5.41 Å². The van der Waals surface area contributed by atoms with Gasteiger partial charge < -0.3 is 10.6 Å². The Kier molecular flexibility index (Phi) is 5.05. The highest BCUT2D eigenvalue weighted by Crippen LogP contribution is 2.30. The molecule has 1 saturated heterocycles. The third kappa shape index (κ3) is 4.70. The van der Waals surface area contributed by atoms with Crippen LogP contribution < -0.4 is 10.6 Å². The van der Waals surface area contributed by atoms with Gasteiger partial charge in [0.15, 0.2) is 0 Å². The van der Waals surface area contributed by atoms with Crippen LogP contribution in [-0.4, -0.2) is 32.4 Å². The predicted molar refractivity (Wildman–Crippen MR) is 58.4 cm³/mol. The van der Waals surface area contributed by atoms with E-state index in [0.717, 1.165) is 32.4 Å². The van der Waals surface area contributed by atoms with Crippen molar-refractivity contribution in [2.24, 2.45) is 5.41 Å². The Morgan fingerprint density at radius 2 is 2.12 bits per heavy atom. The Morgan fingerprint density at radius 3 is 2.62 bits per heavy atom. The topological polar surface area (TPSA) is 24.1 Å². The van der Waals surface area contributed by atoms with Gasteiger partial charge in [-0.3, -0.25) is 0 Å². The molecule has 1 aliphatic heterocycles. The second kappa shape index (κ2) is 5.87. The van der Waals surface area contributed by atoms with Crippen LogP contribution in [0.3, 0.4) is 0 Å². The highest BCUT2D eigenvalue weighted by atomic mass is 19.4. The largest absolute Gasteiger partial charge is 0.390 e. The maximum absolute atomic E-state index is 11.9. The molecule has 2 nitrogen and oxygen atoms in total. The standard InChI is InChI=1S/C11H21F3N2/c1-2-3-10(4-6-15-8-10)9-16-7-5-11(12,13)14/h15-16H,2-9H2,1H3. The van der Waals surface area contributed by atoms with Gasteiger partial charge in [-0.05, 0) is 24.8 Å². The Hall–Kier alpha value is -0.290. The first kappa shape index (κ1) is 13.8. The quantitative estimate of drug-likeness (QED) is 0.694. The van der Waals surface area contributed by atoms with Crippen LogP contribution in [0.4, 0.5) is 13.2 Å². The molecular weight excluding hydrogens is 217 g/mol. The van der Waals surface area contributed by atoms with E-state index in [4.69, 9.17) is 0 Å². The van der Waals surface area contributed by atoms with Crippen LogP contribution in [0.1, 0.15) is 32.6 Å². The SMILES string of the molecule is CCCC1(CNCCC(F)(F)F)CCNC1. The van der Waals surface area contributed by atoms with Crippen molar-refractivity contribution in [1.29, 1.82) is 0 Å². The molecule has 0 aliphatic carbocycles. The van der Waals surface area contributed by atoms with Crippen LogP contribution >= 0.6 is 0 Å². The molecule has 1 unspecified atom stereocenters. The first-order valence-corrected chi connectivity index (χ1v) is 5.96. The summed E-state index contributed by atoms with van der Waals surface area (Å²) in [6.45, 7) is 4.77. The summed E-state index contributed by atoms with van der Waals surface area (Å²) in [6, 6.07) is 0. The average molecular weight is 238 g/mol. The lowest BCUT2D eigenvalue weighted by molar-refractivity contribution is -0.133. The van der Waals surface area contributed by atoms with E-state index < -0.39 is 12.6 Å². The van der Waals surface area contributed by atoms with E-state index in [0.29, 0.717) is 6.54 Å². The fourth-order valence-electron chi connectivity index (χ4n) is 2.36. The Labute approximate surface area is 95.0 Å². The first-order chi connectivity index (χ1) is 7.47. The zero-order valence-corrected chi connectivity index (χ0v) is 9.79. The molecule has 0 aromatic heterocycles. The normalized spacial score (nSPS) is 26.2. The van der Waals surface area contributed by atoms with E-state index in [1.807, 2.05) is 0 Å². The van der Waals surface area contributed by atoms with Gasteiger partial charge in [0.2, 0.25) is 0 Å². The van der Waals surface area contributed by atoms with Gasteiger partial charge in [-0.1, -0.05) is 13.3 Å². The lowest BCUT2D eigenvalue weighted by Gasteiger charge is -2.28. The van der Waals surface area contributed by atoms with Crippen molar-refractivity contribution in [3.05, 3.63) is 0 Å². The molecule has 0 radical (unpaired) electrons. The van der Waals surface area contributed by atoms with E-state index in [1.54, 1.807) is 0 Å². The Bertz CT molecular complexity index is 198. The maximum atomic E-state index is 11.9. The first-order valence-electron chi connectivity index (χ1n) is 5.96. The fourth-order valence-corrected chi connectivity index (χ4v) is 2.36. The van der Waals surface area contributed by atoms with Crippen molar-refractivity contribution >= 4 is 0 Å². The zero-order valence-electron chi connectivity index (χ0n) is 9.79. The number of hydrogen-bond donors (Lipinski definition) is 2. The molecule has 2 N–H and O–H groups in total. The zero-order chi connectivity index (χ0) is 12.1. The predicted octanol–water partition coefficient (Wildman–Crippen LogP) is 2.31. The number of hydrogen-bond acceptors (Lipinski definition) is 2. The lowest BCUT2D eigenvalue weighted by atomic mass is 9.82. The molecule has 1 fully saturated rings. The molecule has 0 spiro atoms. The molecule has 16 heavy (non-hydrogen) atoms. The summed E-state index contributed by atoms with van der Waals surface area (Å²) < 4.78 is 35.8. The van der Waals surface area contributed by atoms with Gasteiger partial charge in [0.1, 0.15) is 0 Å². The van der Waals surface area contributed by atoms with Crippen molar-refractivity contribution in [2.75, 3.05) is 26.2 Å².